The van der Waals surface area contributed by atoms with Crippen molar-refractivity contribution in [3.63, 3.8) is 0 Å². The molecule has 1 aromatic heterocycles. The highest BCUT2D eigenvalue weighted by Gasteiger charge is 2.23. The fraction of sp³-hybridized carbons (Fsp3) is 0.250. The molecular formula is C16H15Cl2NO4S. The van der Waals surface area contributed by atoms with E-state index in [1.165, 1.54) is 20.1 Å². The van der Waals surface area contributed by atoms with Crippen LogP contribution in [-0.4, -0.2) is 25.1 Å². The molecule has 1 atom stereocenters. The molecule has 128 valence electrons. The Bertz CT molecular complexity index is 775. The molecule has 1 N–H and O–H groups in total. The maximum absolute atomic E-state index is 12.2. The number of esters is 1. The molecule has 0 aliphatic rings. The van der Waals surface area contributed by atoms with Crippen LogP contribution in [0.3, 0.4) is 0 Å². The number of hydrogen-bond donors (Lipinski definition) is 1. The van der Waals surface area contributed by atoms with Crippen molar-refractivity contribution in [2.45, 2.75) is 20.0 Å². The van der Waals surface area contributed by atoms with Crippen molar-refractivity contribution >= 4 is 52.1 Å². The highest BCUT2D eigenvalue weighted by Crippen LogP contribution is 2.32. The molecule has 0 spiro atoms. The van der Waals surface area contributed by atoms with Gasteiger partial charge in [0.05, 0.1) is 22.7 Å². The lowest BCUT2D eigenvalue weighted by molar-refractivity contribution is -0.123. The Kier molecular flexibility index (Phi) is 6.10. The molecule has 0 aliphatic heterocycles. The highest BCUT2D eigenvalue weighted by atomic mass is 35.5. The van der Waals surface area contributed by atoms with E-state index in [0.717, 1.165) is 16.9 Å². The molecule has 2 rings (SSSR count). The number of rotatable bonds is 5. The Balaban J connectivity index is 2.06. The van der Waals surface area contributed by atoms with Crippen LogP contribution in [0.4, 0.5) is 5.69 Å². The minimum absolute atomic E-state index is 0.138. The number of carbonyl (C=O) groups is 2. The van der Waals surface area contributed by atoms with Crippen LogP contribution in [0.2, 0.25) is 8.67 Å². The Morgan fingerprint density at radius 2 is 1.96 bits per heavy atom. The molecule has 0 aliphatic carbocycles. The first-order valence-electron chi connectivity index (χ1n) is 6.93. The van der Waals surface area contributed by atoms with Gasteiger partial charge in [-0.05, 0) is 37.6 Å². The summed E-state index contributed by atoms with van der Waals surface area (Å²) in [6.45, 7) is 3.36. The van der Waals surface area contributed by atoms with E-state index in [9.17, 15) is 9.59 Å². The number of nitrogens with one attached hydrogen (secondary N) is 1. The van der Waals surface area contributed by atoms with E-state index in [1.54, 1.807) is 12.1 Å². The van der Waals surface area contributed by atoms with Gasteiger partial charge in [-0.2, -0.15) is 0 Å². The van der Waals surface area contributed by atoms with Gasteiger partial charge in [-0.1, -0.05) is 29.3 Å². The molecule has 5 nitrogen and oxygen atoms in total. The molecule has 0 saturated carbocycles. The van der Waals surface area contributed by atoms with Crippen LogP contribution in [0.5, 0.6) is 5.75 Å². The van der Waals surface area contributed by atoms with Crippen molar-refractivity contribution < 1.29 is 19.1 Å². The summed E-state index contributed by atoms with van der Waals surface area (Å²) in [5.74, 6) is -0.674. The summed E-state index contributed by atoms with van der Waals surface area (Å²) >= 11 is 12.8. The van der Waals surface area contributed by atoms with Crippen LogP contribution >= 0.6 is 34.5 Å². The van der Waals surface area contributed by atoms with Crippen molar-refractivity contribution in [3.8, 4) is 5.75 Å². The summed E-state index contributed by atoms with van der Waals surface area (Å²) in [6, 6.07) is 6.78. The monoisotopic (exact) mass is 387 g/mol. The first-order valence-corrected chi connectivity index (χ1v) is 8.50. The van der Waals surface area contributed by atoms with Crippen molar-refractivity contribution in [1.29, 1.82) is 0 Å². The summed E-state index contributed by atoms with van der Waals surface area (Å²) in [5, 5.41) is 2.68. The second-order valence-corrected chi connectivity index (χ2v) is 7.26. The standard InChI is InChI=1S/C16H15Cl2NO4S/c1-8-4-5-12(22-3)11(6-8)19-15(20)9(2)23-16(21)10-7-13(17)24-14(10)18/h4-7,9H,1-3H3,(H,19,20). The van der Waals surface area contributed by atoms with Gasteiger partial charge in [-0.25, -0.2) is 4.79 Å². The number of halogens is 2. The molecule has 0 radical (unpaired) electrons. The maximum atomic E-state index is 12.2. The van der Waals surface area contributed by atoms with E-state index in [4.69, 9.17) is 32.7 Å². The minimum atomic E-state index is -1.02. The summed E-state index contributed by atoms with van der Waals surface area (Å²) < 4.78 is 10.9. The lowest BCUT2D eigenvalue weighted by atomic mass is 10.2. The van der Waals surface area contributed by atoms with Crippen LogP contribution in [0, 0.1) is 6.92 Å². The highest BCUT2D eigenvalue weighted by molar-refractivity contribution is 7.20. The van der Waals surface area contributed by atoms with Gasteiger partial charge in [-0.15, -0.1) is 11.3 Å². The van der Waals surface area contributed by atoms with E-state index in [0.29, 0.717) is 15.8 Å². The van der Waals surface area contributed by atoms with Gasteiger partial charge in [0, 0.05) is 0 Å². The number of thiophene rings is 1. The second kappa shape index (κ2) is 7.88. The largest absolute Gasteiger partial charge is 0.495 e. The Labute approximate surface area is 153 Å². The van der Waals surface area contributed by atoms with Crippen LogP contribution in [0.15, 0.2) is 24.3 Å². The number of ether oxygens (including phenoxy) is 2. The third-order valence-corrected chi connectivity index (χ3v) is 4.63. The Morgan fingerprint density at radius 3 is 2.54 bits per heavy atom. The summed E-state index contributed by atoms with van der Waals surface area (Å²) in [7, 11) is 1.51. The third kappa shape index (κ3) is 4.41. The molecular weight excluding hydrogens is 373 g/mol. The van der Waals surface area contributed by atoms with Gasteiger partial charge in [0.2, 0.25) is 0 Å². The topological polar surface area (TPSA) is 64.6 Å². The van der Waals surface area contributed by atoms with Gasteiger partial charge >= 0.3 is 5.97 Å². The number of hydrogen-bond acceptors (Lipinski definition) is 5. The normalized spacial score (nSPS) is 11.7. The summed E-state index contributed by atoms with van der Waals surface area (Å²) in [4.78, 5) is 24.3. The number of carbonyl (C=O) groups excluding carboxylic acids is 2. The predicted octanol–water partition coefficient (Wildman–Crippen LogP) is 4.56. The SMILES string of the molecule is COc1ccc(C)cc1NC(=O)C(C)OC(=O)c1cc(Cl)sc1Cl. The fourth-order valence-electron chi connectivity index (χ4n) is 1.91. The predicted molar refractivity (Wildman–Crippen MR) is 95.6 cm³/mol. The molecule has 1 aromatic carbocycles. The van der Waals surface area contributed by atoms with Crippen LogP contribution < -0.4 is 10.1 Å². The second-order valence-electron chi connectivity index (χ2n) is 4.98. The van der Waals surface area contributed by atoms with E-state index < -0.39 is 18.0 Å². The van der Waals surface area contributed by atoms with Crippen LogP contribution in [0.1, 0.15) is 22.8 Å². The third-order valence-electron chi connectivity index (χ3n) is 3.14. The first kappa shape index (κ1) is 18.6. The van der Waals surface area contributed by atoms with E-state index >= 15 is 0 Å². The average molecular weight is 388 g/mol. The van der Waals surface area contributed by atoms with Crippen molar-refractivity contribution in [3.05, 3.63) is 44.1 Å². The number of anilines is 1. The number of aryl methyl sites for hydroxylation is 1. The van der Waals surface area contributed by atoms with E-state index in [1.807, 2.05) is 13.0 Å². The zero-order valence-corrected chi connectivity index (χ0v) is 15.5. The van der Waals surface area contributed by atoms with E-state index in [2.05, 4.69) is 5.32 Å². The maximum Gasteiger partial charge on any atom is 0.341 e. The molecule has 1 unspecified atom stereocenters. The molecule has 1 amide bonds. The zero-order valence-electron chi connectivity index (χ0n) is 13.2. The van der Waals surface area contributed by atoms with Gasteiger partial charge in [-0.3, -0.25) is 4.79 Å². The minimum Gasteiger partial charge on any atom is -0.495 e. The lowest BCUT2D eigenvalue weighted by Gasteiger charge is -2.15. The van der Waals surface area contributed by atoms with Crippen molar-refractivity contribution in [1.82, 2.24) is 0 Å². The molecule has 0 bridgehead atoms. The number of amides is 1. The van der Waals surface area contributed by atoms with Crippen LogP contribution in [0.25, 0.3) is 0 Å². The molecule has 24 heavy (non-hydrogen) atoms. The Hall–Kier alpha value is -1.76. The van der Waals surface area contributed by atoms with Gasteiger partial charge in [0.15, 0.2) is 6.10 Å². The quantitative estimate of drug-likeness (QED) is 0.763. The average Bonchev–Trinajstić information content (AvgIpc) is 2.86. The van der Waals surface area contributed by atoms with Gasteiger partial charge in [0.1, 0.15) is 10.1 Å². The first-order chi connectivity index (χ1) is 11.3. The van der Waals surface area contributed by atoms with Crippen molar-refractivity contribution in [2.75, 3.05) is 12.4 Å². The molecule has 8 heteroatoms. The molecule has 1 heterocycles. The number of benzene rings is 1. The lowest BCUT2D eigenvalue weighted by Crippen LogP contribution is -2.30. The molecule has 2 aromatic rings. The Morgan fingerprint density at radius 1 is 1.25 bits per heavy atom. The smallest absolute Gasteiger partial charge is 0.341 e. The number of methoxy groups -OCH3 is 1. The summed E-state index contributed by atoms with van der Waals surface area (Å²) in [6.07, 6.45) is -1.02. The molecule has 0 saturated heterocycles. The summed E-state index contributed by atoms with van der Waals surface area (Å²) in [5.41, 5.74) is 1.59. The van der Waals surface area contributed by atoms with Gasteiger partial charge in [0.25, 0.3) is 5.91 Å². The van der Waals surface area contributed by atoms with Crippen LogP contribution in [-0.2, 0) is 9.53 Å². The zero-order chi connectivity index (χ0) is 17.9. The van der Waals surface area contributed by atoms with E-state index in [-0.39, 0.29) is 9.90 Å². The molecule has 0 fully saturated rings. The van der Waals surface area contributed by atoms with Crippen molar-refractivity contribution in [2.24, 2.45) is 0 Å². The van der Waals surface area contributed by atoms with Gasteiger partial charge < -0.3 is 14.8 Å². The fourth-order valence-corrected chi connectivity index (χ4v) is 3.35.